The van der Waals surface area contributed by atoms with E-state index >= 15 is 0 Å². The largest absolute Gasteiger partial charge is 0.356 e. The third kappa shape index (κ3) is 4.25. The van der Waals surface area contributed by atoms with Gasteiger partial charge in [0.2, 0.25) is 11.8 Å². The number of hydrogen-bond acceptors (Lipinski definition) is 2. The van der Waals surface area contributed by atoms with Gasteiger partial charge in [-0.15, -0.1) is 0 Å². The molecule has 1 aromatic carbocycles. The molecule has 126 valence electrons. The number of nitrogens with zero attached hydrogens (tertiary/aromatic N) is 1. The second-order valence-electron chi connectivity index (χ2n) is 6.46. The van der Waals surface area contributed by atoms with Crippen molar-refractivity contribution in [2.45, 2.75) is 39.7 Å². The Morgan fingerprint density at radius 2 is 2.17 bits per heavy atom. The van der Waals surface area contributed by atoms with Crippen molar-refractivity contribution in [1.29, 1.82) is 0 Å². The van der Waals surface area contributed by atoms with Crippen LogP contribution in [0.25, 0.3) is 0 Å². The van der Waals surface area contributed by atoms with E-state index in [4.69, 9.17) is 11.6 Å². The van der Waals surface area contributed by atoms with Crippen LogP contribution in [0.3, 0.4) is 0 Å². The van der Waals surface area contributed by atoms with Gasteiger partial charge in [-0.05, 0) is 37.0 Å². The number of amides is 2. The number of hydrogen-bond donors (Lipinski definition) is 1. The summed E-state index contributed by atoms with van der Waals surface area (Å²) in [5, 5.41) is 3.64. The molecule has 2 amide bonds. The molecule has 2 rings (SSSR count). The van der Waals surface area contributed by atoms with Gasteiger partial charge in [-0.3, -0.25) is 9.59 Å². The van der Waals surface area contributed by atoms with Crippen LogP contribution in [0.2, 0.25) is 5.02 Å². The predicted octanol–water partition coefficient (Wildman–Crippen LogP) is 3.41. The first-order valence-electron chi connectivity index (χ1n) is 8.26. The van der Waals surface area contributed by atoms with Gasteiger partial charge in [0.15, 0.2) is 0 Å². The second-order valence-corrected chi connectivity index (χ2v) is 6.90. The van der Waals surface area contributed by atoms with Gasteiger partial charge in [0.1, 0.15) is 0 Å². The fourth-order valence-corrected chi connectivity index (χ4v) is 3.34. The highest BCUT2D eigenvalue weighted by atomic mass is 35.5. The summed E-state index contributed by atoms with van der Waals surface area (Å²) < 4.78 is 0. The van der Waals surface area contributed by atoms with Crippen LogP contribution in [0.5, 0.6) is 0 Å². The quantitative estimate of drug-likeness (QED) is 0.895. The molecule has 0 spiro atoms. The normalized spacial score (nSPS) is 21.6. The Labute approximate surface area is 143 Å². The van der Waals surface area contributed by atoms with E-state index in [2.05, 4.69) is 19.2 Å². The smallest absolute Gasteiger partial charge is 0.225 e. The first kappa shape index (κ1) is 17.8. The molecule has 0 aromatic heterocycles. The Hall–Kier alpha value is -1.55. The van der Waals surface area contributed by atoms with Gasteiger partial charge in [0.25, 0.3) is 0 Å². The van der Waals surface area contributed by atoms with Crippen LogP contribution in [-0.4, -0.2) is 29.8 Å². The summed E-state index contributed by atoms with van der Waals surface area (Å²) in [5.41, 5.74) is 0.928. The summed E-state index contributed by atoms with van der Waals surface area (Å²) in [6.45, 7) is 7.32. The summed E-state index contributed by atoms with van der Waals surface area (Å²) in [6, 6.07) is 7.23. The van der Waals surface area contributed by atoms with Crippen LogP contribution >= 0.6 is 11.6 Å². The van der Waals surface area contributed by atoms with E-state index < -0.39 is 0 Å². The third-order valence-electron chi connectivity index (χ3n) is 4.26. The zero-order valence-corrected chi connectivity index (χ0v) is 14.8. The number of nitrogens with one attached hydrogen (secondary N) is 1. The van der Waals surface area contributed by atoms with Gasteiger partial charge in [0.05, 0.1) is 12.0 Å². The van der Waals surface area contributed by atoms with Crippen LogP contribution in [0, 0.1) is 11.8 Å². The standard InChI is InChI=1S/C18H25ClN2O2/c1-4-21-16(22)9-8-15(18(23)20-11-12(2)3)17(21)13-6-5-7-14(19)10-13/h5-7,10,12,15,17H,4,8-9,11H2,1-3H3,(H,20,23)/t15-,17+/m1/s1. The maximum Gasteiger partial charge on any atom is 0.225 e. The molecule has 1 N–H and O–H groups in total. The molecule has 2 atom stereocenters. The number of halogens is 1. The fraction of sp³-hybridized carbons (Fsp3) is 0.556. The average molecular weight is 337 g/mol. The van der Waals surface area contributed by atoms with Crippen molar-refractivity contribution in [1.82, 2.24) is 10.2 Å². The minimum Gasteiger partial charge on any atom is -0.356 e. The van der Waals surface area contributed by atoms with Crippen molar-refractivity contribution in [3.05, 3.63) is 34.9 Å². The number of piperidine rings is 1. The molecule has 1 saturated heterocycles. The van der Waals surface area contributed by atoms with E-state index in [9.17, 15) is 9.59 Å². The van der Waals surface area contributed by atoms with Crippen molar-refractivity contribution < 1.29 is 9.59 Å². The molecule has 0 aliphatic carbocycles. The maximum absolute atomic E-state index is 12.7. The summed E-state index contributed by atoms with van der Waals surface area (Å²) in [5.74, 6) is 0.293. The topological polar surface area (TPSA) is 49.4 Å². The minimum atomic E-state index is -0.243. The molecule has 0 bridgehead atoms. The lowest BCUT2D eigenvalue weighted by Crippen LogP contribution is -2.48. The van der Waals surface area contributed by atoms with Crippen LogP contribution in [0.4, 0.5) is 0 Å². The van der Waals surface area contributed by atoms with Crippen molar-refractivity contribution in [3.63, 3.8) is 0 Å². The van der Waals surface area contributed by atoms with E-state index in [0.717, 1.165) is 5.56 Å². The molecular formula is C18H25ClN2O2. The number of carbonyl (C=O) groups is 2. The molecule has 0 radical (unpaired) electrons. The summed E-state index contributed by atoms with van der Waals surface area (Å²) in [6.07, 6.45) is 1.00. The molecule has 1 aliphatic heterocycles. The van der Waals surface area contributed by atoms with Crippen LogP contribution < -0.4 is 5.32 Å². The van der Waals surface area contributed by atoms with Gasteiger partial charge in [-0.25, -0.2) is 0 Å². The lowest BCUT2D eigenvalue weighted by molar-refractivity contribution is -0.143. The Kier molecular flexibility index (Phi) is 6.05. The molecule has 0 saturated carbocycles. The lowest BCUT2D eigenvalue weighted by atomic mass is 9.83. The first-order valence-corrected chi connectivity index (χ1v) is 8.64. The lowest BCUT2D eigenvalue weighted by Gasteiger charge is -2.40. The third-order valence-corrected chi connectivity index (χ3v) is 4.49. The number of carbonyl (C=O) groups excluding carboxylic acids is 2. The molecule has 1 fully saturated rings. The van der Waals surface area contributed by atoms with Crippen molar-refractivity contribution in [2.24, 2.45) is 11.8 Å². The maximum atomic E-state index is 12.7. The molecule has 0 unspecified atom stereocenters. The van der Waals surface area contributed by atoms with Gasteiger partial charge < -0.3 is 10.2 Å². The fourth-order valence-electron chi connectivity index (χ4n) is 3.14. The highest BCUT2D eigenvalue weighted by Gasteiger charge is 2.39. The Morgan fingerprint density at radius 1 is 1.43 bits per heavy atom. The summed E-state index contributed by atoms with van der Waals surface area (Å²) in [4.78, 5) is 26.7. The predicted molar refractivity (Wildman–Crippen MR) is 92.2 cm³/mol. The zero-order chi connectivity index (χ0) is 17.0. The van der Waals surface area contributed by atoms with E-state index in [1.807, 2.05) is 25.1 Å². The minimum absolute atomic E-state index is 0.0228. The molecule has 5 heteroatoms. The van der Waals surface area contributed by atoms with Crippen LogP contribution in [0.1, 0.15) is 45.2 Å². The molecule has 1 aromatic rings. The molecule has 1 aliphatic rings. The number of rotatable bonds is 5. The van der Waals surface area contributed by atoms with Gasteiger partial charge in [-0.2, -0.15) is 0 Å². The van der Waals surface area contributed by atoms with E-state index in [1.54, 1.807) is 11.0 Å². The van der Waals surface area contributed by atoms with Gasteiger partial charge >= 0.3 is 0 Å². The molecular weight excluding hydrogens is 312 g/mol. The highest BCUT2D eigenvalue weighted by Crippen LogP contribution is 2.37. The van der Waals surface area contributed by atoms with E-state index in [1.165, 1.54) is 0 Å². The Morgan fingerprint density at radius 3 is 2.78 bits per heavy atom. The SMILES string of the molecule is CCN1C(=O)CC[C@@H](C(=O)NCC(C)C)[C@@H]1c1cccc(Cl)c1. The highest BCUT2D eigenvalue weighted by molar-refractivity contribution is 6.30. The van der Waals surface area contributed by atoms with Crippen molar-refractivity contribution >= 4 is 23.4 Å². The Balaban J connectivity index is 2.31. The summed E-state index contributed by atoms with van der Waals surface area (Å²) >= 11 is 6.12. The average Bonchev–Trinajstić information content (AvgIpc) is 2.52. The second kappa shape index (κ2) is 7.82. The zero-order valence-electron chi connectivity index (χ0n) is 14.0. The van der Waals surface area contributed by atoms with E-state index in [-0.39, 0.29) is 23.8 Å². The first-order chi connectivity index (χ1) is 10.9. The Bertz CT molecular complexity index is 574. The molecule has 1 heterocycles. The summed E-state index contributed by atoms with van der Waals surface area (Å²) in [7, 11) is 0. The van der Waals surface area contributed by atoms with Gasteiger partial charge in [0, 0.05) is 24.5 Å². The van der Waals surface area contributed by atoms with E-state index in [0.29, 0.717) is 36.9 Å². The number of likely N-dealkylation sites (tertiary alicyclic amines) is 1. The van der Waals surface area contributed by atoms with Crippen LogP contribution in [-0.2, 0) is 9.59 Å². The molecule has 23 heavy (non-hydrogen) atoms. The molecule has 4 nitrogen and oxygen atoms in total. The van der Waals surface area contributed by atoms with Gasteiger partial charge in [-0.1, -0.05) is 37.6 Å². The van der Waals surface area contributed by atoms with Crippen LogP contribution in [0.15, 0.2) is 24.3 Å². The van der Waals surface area contributed by atoms with Crippen molar-refractivity contribution in [3.8, 4) is 0 Å². The monoisotopic (exact) mass is 336 g/mol. The number of benzene rings is 1. The van der Waals surface area contributed by atoms with Crippen molar-refractivity contribution in [2.75, 3.05) is 13.1 Å².